The first-order chi connectivity index (χ1) is 8.54. The van der Waals surface area contributed by atoms with Crippen LogP contribution >= 0.6 is 0 Å². The Hall–Kier alpha value is -1.62. The fourth-order valence-corrected chi connectivity index (χ4v) is 1.71. The van der Waals surface area contributed by atoms with E-state index in [0.29, 0.717) is 18.7 Å². The van der Waals surface area contributed by atoms with E-state index in [1.54, 1.807) is 4.90 Å². The van der Waals surface area contributed by atoms with Gasteiger partial charge >= 0.3 is 0 Å². The molecule has 0 saturated carbocycles. The first kappa shape index (κ1) is 14.4. The fourth-order valence-electron chi connectivity index (χ4n) is 1.71. The Morgan fingerprint density at radius 2 is 2.06 bits per heavy atom. The Balaban J connectivity index is 2.62. The molecule has 0 bridgehead atoms. The van der Waals surface area contributed by atoms with Gasteiger partial charge in [0.2, 0.25) is 0 Å². The second kappa shape index (κ2) is 6.96. The number of carbonyl (C=O) groups is 1. The van der Waals surface area contributed by atoms with Gasteiger partial charge in [0.1, 0.15) is 5.75 Å². The van der Waals surface area contributed by atoms with Crippen molar-refractivity contribution in [1.82, 2.24) is 14.8 Å². The summed E-state index contributed by atoms with van der Waals surface area (Å²) in [5, 5.41) is 9.33. The maximum absolute atomic E-state index is 12.2. The van der Waals surface area contributed by atoms with E-state index in [-0.39, 0.29) is 11.7 Å². The van der Waals surface area contributed by atoms with Crippen molar-refractivity contribution >= 4 is 5.91 Å². The number of amides is 1. The molecule has 1 aromatic heterocycles. The molecule has 0 aliphatic rings. The molecule has 1 amide bonds. The molecule has 1 heterocycles. The van der Waals surface area contributed by atoms with E-state index in [0.717, 1.165) is 13.0 Å². The van der Waals surface area contributed by atoms with Crippen LogP contribution in [0, 0.1) is 0 Å². The molecule has 5 nitrogen and oxygen atoms in total. The Labute approximate surface area is 108 Å². The SMILES string of the molecule is CCN(CCCN(C)C)C(=O)c1cncc(O)c1. The molecule has 1 N–H and O–H groups in total. The minimum atomic E-state index is -0.0837. The number of aromatic nitrogens is 1. The molecule has 1 aromatic rings. The highest BCUT2D eigenvalue weighted by molar-refractivity contribution is 5.94. The molecule has 0 fully saturated rings. The number of carbonyl (C=O) groups excluding carboxylic acids is 1. The quantitative estimate of drug-likeness (QED) is 0.825. The van der Waals surface area contributed by atoms with Gasteiger partial charge in [0.25, 0.3) is 5.91 Å². The normalized spacial score (nSPS) is 10.7. The van der Waals surface area contributed by atoms with Crippen LogP contribution in [0.15, 0.2) is 18.5 Å². The van der Waals surface area contributed by atoms with Gasteiger partial charge in [-0.1, -0.05) is 0 Å². The Bertz CT molecular complexity index is 394. The summed E-state index contributed by atoms with van der Waals surface area (Å²) in [5.74, 6) is -0.0650. The zero-order valence-electron chi connectivity index (χ0n) is 11.3. The van der Waals surface area contributed by atoms with Gasteiger partial charge < -0.3 is 14.9 Å². The van der Waals surface area contributed by atoms with Crippen molar-refractivity contribution < 1.29 is 9.90 Å². The van der Waals surface area contributed by atoms with E-state index >= 15 is 0 Å². The molecule has 0 aliphatic heterocycles. The molecule has 0 radical (unpaired) electrons. The van der Waals surface area contributed by atoms with Crippen LogP contribution in [0.2, 0.25) is 0 Å². The van der Waals surface area contributed by atoms with Crippen LogP contribution in [0.1, 0.15) is 23.7 Å². The number of hydrogen-bond acceptors (Lipinski definition) is 4. The van der Waals surface area contributed by atoms with Crippen molar-refractivity contribution in [2.45, 2.75) is 13.3 Å². The lowest BCUT2D eigenvalue weighted by molar-refractivity contribution is 0.0758. The maximum Gasteiger partial charge on any atom is 0.255 e. The van der Waals surface area contributed by atoms with Gasteiger partial charge in [0.05, 0.1) is 11.8 Å². The summed E-state index contributed by atoms with van der Waals surface area (Å²) in [6.45, 7) is 4.26. The van der Waals surface area contributed by atoms with Crippen molar-refractivity contribution in [1.29, 1.82) is 0 Å². The molecule has 1 rings (SSSR count). The van der Waals surface area contributed by atoms with Gasteiger partial charge in [-0.3, -0.25) is 9.78 Å². The van der Waals surface area contributed by atoms with Crippen LogP contribution in [0.5, 0.6) is 5.75 Å². The number of nitrogens with zero attached hydrogens (tertiary/aromatic N) is 3. The Morgan fingerprint density at radius 3 is 2.61 bits per heavy atom. The van der Waals surface area contributed by atoms with Gasteiger partial charge in [-0.25, -0.2) is 0 Å². The highest BCUT2D eigenvalue weighted by Crippen LogP contribution is 2.11. The predicted octanol–water partition coefficient (Wildman–Crippen LogP) is 1.20. The smallest absolute Gasteiger partial charge is 0.255 e. The van der Waals surface area contributed by atoms with E-state index in [2.05, 4.69) is 9.88 Å². The first-order valence-corrected chi connectivity index (χ1v) is 6.12. The molecular formula is C13H21N3O2. The monoisotopic (exact) mass is 251 g/mol. The van der Waals surface area contributed by atoms with E-state index in [4.69, 9.17) is 0 Å². The molecule has 18 heavy (non-hydrogen) atoms. The highest BCUT2D eigenvalue weighted by Gasteiger charge is 2.14. The van der Waals surface area contributed by atoms with Crippen LogP contribution in [0.4, 0.5) is 0 Å². The molecular weight excluding hydrogens is 230 g/mol. The number of hydrogen-bond donors (Lipinski definition) is 1. The lowest BCUT2D eigenvalue weighted by Gasteiger charge is -2.21. The van der Waals surface area contributed by atoms with Gasteiger partial charge in [-0.2, -0.15) is 0 Å². The fraction of sp³-hybridized carbons (Fsp3) is 0.538. The van der Waals surface area contributed by atoms with Gasteiger partial charge in [-0.15, -0.1) is 0 Å². The van der Waals surface area contributed by atoms with Crippen molar-refractivity contribution in [2.24, 2.45) is 0 Å². The molecule has 0 spiro atoms. The summed E-state index contributed by atoms with van der Waals surface area (Å²) in [4.78, 5) is 19.8. The van der Waals surface area contributed by atoms with Crippen molar-refractivity contribution in [3.8, 4) is 5.75 Å². The zero-order chi connectivity index (χ0) is 13.5. The summed E-state index contributed by atoms with van der Waals surface area (Å²) in [7, 11) is 4.02. The van der Waals surface area contributed by atoms with Crippen molar-refractivity contribution in [2.75, 3.05) is 33.7 Å². The lowest BCUT2D eigenvalue weighted by Crippen LogP contribution is -2.33. The minimum Gasteiger partial charge on any atom is -0.506 e. The number of pyridine rings is 1. The Morgan fingerprint density at radius 1 is 1.33 bits per heavy atom. The van der Waals surface area contributed by atoms with Crippen LogP contribution in [-0.2, 0) is 0 Å². The Kier molecular flexibility index (Phi) is 5.58. The molecule has 0 aromatic carbocycles. The van der Waals surface area contributed by atoms with Crippen LogP contribution in [-0.4, -0.2) is 59.5 Å². The summed E-state index contributed by atoms with van der Waals surface area (Å²) in [6.07, 6.45) is 3.73. The van der Waals surface area contributed by atoms with E-state index in [1.165, 1.54) is 18.5 Å². The van der Waals surface area contributed by atoms with Crippen LogP contribution in [0.3, 0.4) is 0 Å². The second-order valence-corrected chi connectivity index (χ2v) is 4.47. The van der Waals surface area contributed by atoms with Crippen LogP contribution in [0.25, 0.3) is 0 Å². The highest BCUT2D eigenvalue weighted by atomic mass is 16.3. The van der Waals surface area contributed by atoms with Gasteiger partial charge in [0.15, 0.2) is 0 Å². The summed E-state index contributed by atoms with van der Waals surface area (Å²) in [6, 6.07) is 1.45. The molecule has 0 saturated heterocycles. The summed E-state index contributed by atoms with van der Waals surface area (Å²) < 4.78 is 0. The third-order valence-electron chi connectivity index (χ3n) is 2.67. The minimum absolute atomic E-state index is 0.0187. The number of rotatable bonds is 6. The van der Waals surface area contributed by atoms with Crippen LogP contribution < -0.4 is 0 Å². The second-order valence-electron chi connectivity index (χ2n) is 4.47. The van der Waals surface area contributed by atoms with E-state index in [9.17, 15) is 9.90 Å². The zero-order valence-corrected chi connectivity index (χ0v) is 11.3. The van der Waals surface area contributed by atoms with E-state index in [1.807, 2.05) is 21.0 Å². The topological polar surface area (TPSA) is 56.7 Å². The average molecular weight is 251 g/mol. The van der Waals surface area contributed by atoms with Gasteiger partial charge in [0, 0.05) is 19.3 Å². The number of aromatic hydroxyl groups is 1. The lowest BCUT2D eigenvalue weighted by atomic mass is 10.2. The molecule has 0 atom stereocenters. The molecule has 5 heteroatoms. The molecule has 0 unspecified atom stereocenters. The summed E-state index contributed by atoms with van der Waals surface area (Å²) in [5.41, 5.74) is 0.432. The molecule has 100 valence electrons. The third-order valence-corrected chi connectivity index (χ3v) is 2.67. The molecule has 0 aliphatic carbocycles. The largest absolute Gasteiger partial charge is 0.506 e. The average Bonchev–Trinajstić information content (AvgIpc) is 2.33. The first-order valence-electron chi connectivity index (χ1n) is 6.12. The predicted molar refractivity (Wildman–Crippen MR) is 70.7 cm³/mol. The van der Waals surface area contributed by atoms with Gasteiger partial charge in [-0.05, 0) is 40.1 Å². The standard InChI is InChI=1S/C13H21N3O2/c1-4-16(7-5-6-15(2)3)13(18)11-8-12(17)10-14-9-11/h8-10,17H,4-7H2,1-3H3. The maximum atomic E-state index is 12.2. The summed E-state index contributed by atoms with van der Waals surface area (Å²) >= 11 is 0. The van der Waals surface area contributed by atoms with Crippen molar-refractivity contribution in [3.63, 3.8) is 0 Å². The van der Waals surface area contributed by atoms with Crippen molar-refractivity contribution in [3.05, 3.63) is 24.0 Å². The van der Waals surface area contributed by atoms with E-state index < -0.39 is 0 Å². The third kappa shape index (κ3) is 4.33.